The molecule has 0 heterocycles. The first-order chi connectivity index (χ1) is 10.4. The molecule has 0 aromatic heterocycles. The Bertz CT molecular complexity index is 608. The molecule has 0 fully saturated rings. The van der Waals surface area contributed by atoms with Crippen molar-refractivity contribution >= 4 is 12.7 Å². The maximum Gasteiger partial charge on any atom is 0.158 e. The topological polar surface area (TPSA) is 0 Å². The second-order valence-corrected chi connectivity index (χ2v) is 5.40. The highest BCUT2D eigenvalue weighted by molar-refractivity contribution is 6.53. The first kappa shape index (κ1) is 13.7. The maximum atomic E-state index is 2.24. The molecule has 0 aliphatic carbocycles. The Hall–Kier alpha value is -2.28. The van der Waals surface area contributed by atoms with Crippen LogP contribution in [0, 0.1) is 0 Å². The SMILES string of the molecule is B(CC(c1ccccc1)c1ccccc1)c1ccccc1. The molecular weight excluding hydrogens is 251 g/mol. The summed E-state index contributed by atoms with van der Waals surface area (Å²) < 4.78 is 0. The normalized spacial score (nSPS) is 10.5. The van der Waals surface area contributed by atoms with Gasteiger partial charge in [0.05, 0.1) is 0 Å². The minimum Gasteiger partial charge on any atom is -0.0845 e. The second-order valence-electron chi connectivity index (χ2n) is 5.40. The van der Waals surface area contributed by atoms with Crippen LogP contribution < -0.4 is 5.46 Å². The molecule has 0 radical (unpaired) electrons. The molecule has 0 aliphatic rings. The van der Waals surface area contributed by atoms with Crippen molar-refractivity contribution in [1.82, 2.24) is 0 Å². The van der Waals surface area contributed by atoms with E-state index in [2.05, 4.69) is 91.0 Å². The Morgan fingerprint density at radius 2 is 1.00 bits per heavy atom. The van der Waals surface area contributed by atoms with Crippen LogP contribution in [0.1, 0.15) is 17.0 Å². The third-order valence-corrected chi connectivity index (χ3v) is 3.97. The van der Waals surface area contributed by atoms with E-state index in [-0.39, 0.29) is 0 Å². The summed E-state index contributed by atoms with van der Waals surface area (Å²) >= 11 is 0. The molecule has 3 aromatic carbocycles. The molecule has 102 valence electrons. The molecule has 0 unspecified atom stereocenters. The lowest BCUT2D eigenvalue weighted by Gasteiger charge is -2.17. The molecule has 0 saturated heterocycles. The Labute approximate surface area is 127 Å². The van der Waals surface area contributed by atoms with Gasteiger partial charge in [-0.15, -0.1) is 0 Å². The van der Waals surface area contributed by atoms with Gasteiger partial charge in [-0.3, -0.25) is 0 Å². The quantitative estimate of drug-likeness (QED) is 0.615. The first-order valence-corrected chi connectivity index (χ1v) is 7.57. The molecular formula is C20H19B. The van der Waals surface area contributed by atoms with Crippen LogP contribution in [0.5, 0.6) is 0 Å². The van der Waals surface area contributed by atoms with Gasteiger partial charge in [-0.25, -0.2) is 0 Å². The molecule has 0 N–H and O–H groups in total. The fourth-order valence-electron chi connectivity index (χ4n) is 2.85. The Morgan fingerprint density at radius 3 is 1.48 bits per heavy atom. The smallest absolute Gasteiger partial charge is 0.0845 e. The highest BCUT2D eigenvalue weighted by Crippen LogP contribution is 2.27. The molecule has 0 spiro atoms. The number of benzene rings is 3. The lowest BCUT2D eigenvalue weighted by molar-refractivity contribution is 0.916. The van der Waals surface area contributed by atoms with Gasteiger partial charge in [-0.05, 0) is 11.1 Å². The number of hydrogen-bond acceptors (Lipinski definition) is 0. The van der Waals surface area contributed by atoms with Gasteiger partial charge >= 0.3 is 0 Å². The third-order valence-electron chi connectivity index (χ3n) is 3.97. The monoisotopic (exact) mass is 270 g/mol. The highest BCUT2D eigenvalue weighted by atomic mass is 14.1. The average molecular weight is 270 g/mol. The van der Waals surface area contributed by atoms with Crippen LogP contribution >= 0.6 is 0 Å². The van der Waals surface area contributed by atoms with E-state index in [4.69, 9.17) is 0 Å². The predicted molar refractivity (Wildman–Crippen MR) is 92.8 cm³/mol. The van der Waals surface area contributed by atoms with Crippen LogP contribution in [0.2, 0.25) is 6.32 Å². The molecule has 0 bridgehead atoms. The molecule has 21 heavy (non-hydrogen) atoms. The zero-order valence-electron chi connectivity index (χ0n) is 12.2. The standard InChI is InChI=1S/C20H19B/c1-4-10-17(11-5-1)20(18-12-6-2-7-13-18)16-21-19-14-8-3-9-15-19/h1-15,20-21H,16H2. The molecule has 0 amide bonds. The fraction of sp³-hybridized carbons (Fsp3) is 0.100. The van der Waals surface area contributed by atoms with Crippen LogP contribution in [-0.4, -0.2) is 7.28 Å². The van der Waals surface area contributed by atoms with E-state index in [0.29, 0.717) is 5.92 Å². The predicted octanol–water partition coefficient (Wildman–Crippen LogP) is 4.00. The maximum absolute atomic E-state index is 2.24. The summed E-state index contributed by atoms with van der Waals surface area (Å²) in [6.45, 7) is 0. The van der Waals surface area contributed by atoms with Crippen LogP contribution in [-0.2, 0) is 0 Å². The molecule has 0 aliphatic heterocycles. The van der Waals surface area contributed by atoms with E-state index in [1.807, 2.05) is 0 Å². The van der Waals surface area contributed by atoms with Gasteiger partial charge in [-0.2, -0.15) is 0 Å². The van der Waals surface area contributed by atoms with Crippen molar-refractivity contribution in [3.05, 3.63) is 102 Å². The average Bonchev–Trinajstić information content (AvgIpc) is 2.58. The zero-order chi connectivity index (χ0) is 14.3. The summed E-state index contributed by atoms with van der Waals surface area (Å²) in [5.74, 6) is 0.465. The van der Waals surface area contributed by atoms with E-state index in [0.717, 1.165) is 13.6 Å². The highest BCUT2D eigenvalue weighted by Gasteiger charge is 2.14. The summed E-state index contributed by atoms with van der Waals surface area (Å²) in [5, 5.41) is 0. The molecule has 0 atom stereocenters. The van der Waals surface area contributed by atoms with Gasteiger partial charge in [-0.1, -0.05) is 103 Å². The van der Waals surface area contributed by atoms with E-state index in [1.165, 1.54) is 16.6 Å². The minimum absolute atomic E-state index is 0.465. The molecule has 0 nitrogen and oxygen atoms in total. The fourth-order valence-corrected chi connectivity index (χ4v) is 2.85. The van der Waals surface area contributed by atoms with Crippen molar-refractivity contribution < 1.29 is 0 Å². The van der Waals surface area contributed by atoms with Crippen LogP contribution in [0.4, 0.5) is 0 Å². The Balaban J connectivity index is 1.83. The van der Waals surface area contributed by atoms with Crippen molar-refractivity contribution in [1.29, 1.82) is 0 Å². The summed E-state index contributed by atoms with van der Waals surface area (Å²) in [6.07, 6.45) is 1.14. The van der Waals surface area contributed by atoms with E-state index >= 15 is 0 Å². The van der Waals surface area contributed by atoms with E-state index in [9.17, 15) is 0 Å². The van der Waals surface area contributed by atoms with E-state index < -0.39 is 0 Å². The van der Waals surface area contributed by atoms with Gasteiger partial charge in [0.25, 0.3) is 0 Å². The van der Waals surface area contributed by atoms with Crippen molar-refractivity contribution in [3.8, 4) is 0 Å². The zero-order valence-corrected chi connectivity index (χ0v) is 12.2. The van der Waals surface area contributed by atoms with Crippen molar-refractivity contribution in [2.75, 3.05) is 0 Å². The van der Waals surface area contributed by atoms with E-state index in [1.54, 1.807) is 0 Å². The number of hydrogen-bond donors (Lipinski definition) is 0. The third kappa shape index (κ3) is 3.63. The molecule has 3 rings (SSSR count). The van der Waals surface area contributed by atoms with Crippen molar-refractivity contribution in [3.63, 3.8) is 0 Å². The van der Waals surface area contributed by atoms with Crippen LogP contribution in [0.25, 0.3) is 0 Å². The molecule has 3 aromatic rings. The second kappa shape index (κ2) is 6.94. The van der Waals surface area contributed by atoms with Crippen LogP contribution in [0.15, 0.2) is 91.0 Å². The van der Waals surface area contributed by atoms with Gasteiger partial charge in [0.1, 0.15) is 0 Å². The van der Waals surface area contributed by atoms with Gasteiger partial charge in [0.15, 0.2) is 7.28 Å². The minimum atomic E-state index is 0.465. The Kier molecular flexibility index (Phi) is 4.53. The largest absolute Gasteiger partial charge is 0.158 e. The van der Waals surface area contributed by atoms with Crippen molar-refractivity contribution in [2.45, 2.75) is 12.2 Å². The number of rotatable bonds is 5. The first-order valence-electron chi connectivity index (χ1n) is 7.57. The summed E-state index contributed by atoms with van der Waals surface area (Å²) in [6, 6.07) is 32.4. The summed E-state index contributed by atoms with van der Waals surface area (Å²) in [5.41, 5.74) is 4.22. The van der Waals surface area contributed by atoms with Gasteiger partial charge in [0.2, 0.25) is 0 Å². The van der Waals surface area contributed by atoms with Gasteiger partial charge in [0, 0.05) is 5.92 Å². The summed E-state index contributed by atoms with van der Waals surface area (Å²) in [4.78, 5) is 0. The van der Waals surface area contributed by atoms with Crippen LogP contribution in [0.3, 0.4) is 0 Å². The lowest BCUT2D eigenvalue weighted by Crippen LogP contribution is -2.16. The summed E-state index contributed by atoms with van der Waals surface area (Å²) in [7, 11) is 1.11. The van der Waals surface area contributed by atoms with Gasteiger partial charge < -0.3 is 0 Å². The van der Waals surface area contributed by atoms with Crippen molar-refractivity contribution in [2.24, 2.45) is 0 Å². The molecule has 0 saturated carbocycles. The Morgan fingerprint density at radius 1 is 0.571 bits per heavy atom. The lowest BCUT2D eigenvalue weighted by atomic mass is 9.61. The molecule has 1 heteroatoms.